The van der Waals surface area contributed by atoms with E-state index in [0.717, 1.165) is 0 Å². The van der Waals surface area contributed by atoms with Crippen molar-refractivity contribution in [2.75, 3.05) is 23.9 Å². The normalized spacial score (nSPS) is 13.5. The molecular formula is C15H15N3O4. The van der Waals surface area contributed by atoms with Gasteiger partial charge >= 0.3 is 0 Å². The summed E-state index contributed by atoms with van der Waals surface area (Å²) >= 11 is 0. The van der Waals surface area contributed by atoms with Crippen LogP contribution < -0.4 is 15.0 Å². The summed E-state index contributed by atoms with van der Waals surface area (Å²) in [4.78, 5) is 25.2. The molecule has 2 amide bonds. The number of fused-ring (bicyclic) bond motifs is 1. The molecule has 2 aromatic rings. The fraction of sp³-hybridized carbons (Fsp3) is 0.267. The standard InChI is InChI=1S/C15H15N3O4/c1-9-6-10(17-22-9)7-13(19)16-11-4-3-5-12-15(11)21-8-14(20)18(12)2/h3-6H,7-8H2,1-2H3,(H,16,19). The molecule has 1 aliphatic heterocycles. The number of nitrogens with one attached hydrogen (secondary N) is 1. The van der Waals surface area contributed by atoms with Crippen LogP contribution in [0.15, 0.2) is 28.8 Å². The van der Waals surface area contributed by atoms with Crippen molar-refractivity contribution >= 4 is 23.2 Å². The van der Waals surface area contributed by atoms with Crippen molar-refractivity contribution in [3.63, 3.8) is 0 Å². The van der Waals surface area contributed by atoms with Gasteiger partial charge in [-0.1, -0.05) is 11.2 Å². The average molecular weight is 301 g/mol. The van der Waals surface area contributed by atoms with E-state index in [2.05, 4.69) is 10.5 Å². The summed E-state index contributed by atoms with van der Waals surface area (Å²) in [5.74, 6) is 0.788. The molecule has 0 bridgehead atoms. The summed E-state index contributed by atoms with van der Waals surface area (Å²) < 4.78 is 10.4. The number of amides is 2. The molecule has 22 heavy (non-hydrogen) atoms. The number of likely N-dealkylation sites (N-methyl/N-ethyl adjacent to an activating group) is 1. The Morgan fingerprint density at radius 3 is 3.00 bits per heavy atom. The monoisotopic (exact) mass is 301 g/mol. The van der Waals surface area contributed by atoms with Gasteiger partial charge in [0.2, 0.25) is 5.91 Å². The van der Waals surface area contributed by atoms with E-state index in [1.54, 1.807) is 38.2 Å². The highest BCUT2D eigenvalue weighted by Gasteiger charge is 2.25. The minimum absolute atomic E-state index is 0.0428. The van der Waals surface area contributed by atoms with Crippen LogP contribution in [-0.4, -0.2) is 30.6 Å². The fourth-order valence-electron chi connectivity index (χ4n) is 2.26. The summed E-state index contributed by atoms with van der Waals surface area (Å²) in [6.07, 6.45) is 0.107. The molecule has 1 aliphatic rings. The lowest BCUT2D eigenvalue weighted by atomic mass is 10.2. The summed E-state index contributed by atoms with van der Waals surface area (Å²) in [6, 6.07) is 6.97. The number of rotatable bonds is 3. The number of hydrogen-bond acceptors (Lipinski definition) is 5. The van der Waals surface area contributed by atoms with E-state index in [9.17, 15) is 9.59 Å². The Morgan fingerprint density at radius 1 is 1.45 bits per heavy atom. The van der Waals surface area contributed by atoms with E-state index in [1.165, 1.54) is 4.90 Å². The predicted molar refractivity (Wildman–Crippen MR) is 78.9 cm³/mol. The summed E-state index contributed by atoms with van der Waals surface area (Å²) in [7, 11) is 1.67. The van der Waals surface area contributed by atoms with E-state index in [0.29, 0.717) is 28.6 Å². The molecule has 2 heterocycles. The maximum atomic E-state index is 12.1. The molecule has 3 rings (SSSR count). The van der Waals surface area contributed by atoms with Crippen LogP contribution in [0.5, 0.6) is 5.75 Å². The van der Waals surface area contributed by atoms with E-state index >= 15 is 0 Å². The zero-order valence-corrected chi connectivity index (χ0v) is 12.3. The third-order valence-corrected chi connectivity index (χ3v) is 3.36. The Kier molecular flexibility index (Phi) is 3.54. The van der Waals surface area contributed by atoms with Gasteiger partial charge < -0.3 is 19.5 Å². The number of benzene rings is 1. The Morgan fingerprint density at radius 2 is 2.27 bits per heavy atom. The van der Waals surface area contributed by atoms with Crippen LogP contribution in [0, 0.1) is 6.92 Å². The molecule has 1 N–H and O–H groups in total. The van der Waals surface area contributed by atoms with Gasteiger partial charge in [-0.25, -0.2) is 0 Å². The van der Waals surface area contributed by atoms with E-state index < -0.39 is 0 Å². The summed E-state index contributed by atoms with van der Waals surface area (Å²) in [6.45, 7) is 1.72. The number of hydrogen-bond donors (Lipinski definition) is 1. The highest BCUT2D eigenvalue weighted by molar-refractivity contribution is 6.01. The number of nitrogens with zero attached hydrogens (tertiary/aromatic N) is 2. The van der Waals surface area contributed by atoms with Gasteiger partial charge in [0.25, 0.3) is 5.91 Å². The largest absolute Gasteiger partial charge is 0.479 e. The van der Waals surface area contributed by atoms with Gasteiger partial charge in [0.1, 0.15) is 5.76 Å². The molecule has 0 radical (unpaired) electrons. The fourth-order valence-corrected chi connectivity index (χ4v) is 2.26. The van der Waals surface area contributed by atoms with Gasteiger partial charge in [-0.05, 0) is 19.1 Å². The molecular weight excluding hydrogens is 286 g/mol. The van der Waals surface area contributed by atoms with Crippen molar-refractivity contribution in [1.82, 2.24) is 5.16 Å². The van der Waals surface area contributed by atoms with Gasteiger partial charge in [0.05, 0.1) is 23.5 Å². The lowest BCUT2D eigenvalue weighted by Crippen LogP contribution is -2.35. The maximum absolute atomic E-state index is 12.1. The maximum Gasteiger partial charge on any atom is 0.264 e. The smallest absolute Gasteiger partial charge is 0.264 e. The van der Waals surface area contributed by atoms with Crippen LogP contribution in [-0.2, 0) is 16.0 Å². The van der Waals surface area contributed by atoms with Gasteiger partial charge in [0, 0.05) is 13.1 Å². The molecule has 0 fully saturated rings. The average Bonchev–Trinajstić information content (AvgIpc) is 2.88. The van der Waals surface area contributed by atoms with Crippen LogP contribution in [0.2, 0.25) is 0 Å². The molecule has 0 atom stereocenters. The molecule has 0 saturated heterocycles. The lowest BCUT2D eigenvalue weighted by Gasteiger charge is -2.27. The Balaban J connectivity index is 1.78. The van der Waals surface area contributed by atoms with E-state index in [4.69, 9.17) is 9.26 Å². The third kappa shape index (κ3) is 2.65. The molecule has 114 valence electrons. The minimum atomic E-state index is -0.232. The molecule has 0 aliphatic carbocycles. The summed E-state index contributed by atoms with van der Waals surface area (Å²) in [5.41, 5.74) is 1.72. The third-order valence-electron chi connectivity index (χ3n) is 3.36. The first-order valence-electron chi connectivity index (χ1n) is 6.79. The van der Waals surface area contributed by atoms with Crippen LogP contribution >= 0.6 is 0 Å². The Bertz CT molecular complexity index is 738. The number of aromatic nitrogens is 1. The van der Waals surface area contributed by atoms with Gasteiger partial charge in [-0.3, -0.25) is 9.59 Å². The summed E-state index contributed by atoms with van der Waals surface area (Å²) in [5, 5.41) is 6.57. The zero-order chi connectivity index (χ0) is 15.7. The second-order valence-electron chi connectivity index (χ2n) is 5.05. The van der Waals surface area contributed by atoms with Crippen LogP contribution in [0.25, 0.3) is 0 Å². The number of carbonyl (C=O) groups excluding carboxylic acids is 2. The SMILES string of the molecule is Cc1cc(CC(=O)Nc2cccc3c2OCC(=O)N3C)no1. The molecule has 0 saturated carbocycles. The van der Waals surface area contributed by atoms with Crippen LogP contribution in [0.3, 0.4) is 0 Å². The minimum Gasteiger partial charge on any atom is -0.479 e. The van der Waals surface area contributed by atoms with Crippen molar-refractivity contribution in [1.29, 1.82) is 0 Å². The first-order chi connectivity index (χ1) is 10.5. The molecule has 1 aromatic carbocycles. The van der Waals surface area contributed by atoms with Crippen LogP contribution in [0.1, 0.15) is 11.5 Å². The molecule has 7 heteroatoms. The number of ether oxygens (including phenoxy) is 1. The quantitative estimate of drug-likeness (QED) is 0.929. The number of anilines is 2. The van der Waals surface area contributed by atoms with Gasteiger partial charge in [-0.15, -0.1) is 0 Å². The number of carbonyl (C=O) groups is 2. The molecule has 7 nitrogen and oxygen atoms in total. The van der Waals surface area contributed by atoms with Gasteiger partial charge in [0.15, 0.2) is 12.4 Å². The van der Waals surface area contributed by atoms with E-state index in [1.807, 2.05) is 0 Å². The first-order valence-corrected chi connectivity index (χ1v) is 6.79. The number of aryl methyl sites for hydroxylation is 1. The highest BCUT2D eigenvalue weighted by Crippen LogP contribution is 2.37. The lowest BCUT2D eigenvalue weighted by molar-refractivity contribution is -0.121. The van der Waals surface area contributed by atoms with Crippen LogP contribution in [0.4, 0.5) is 11.4 Å². The molecule has 0 unspecified atom stereocenters. The zero-order valence-electron chi connectivity index (χ0n) is 12.3. The Labute approximate surface area is 126 Å². The van der Waals surface area contributed by atoms with Crippen molar-refractivity contribution in [2.24, 2.45) is 0 Å². The Hall–Kier alpha value is -2.83. The first kappa shape index (κ1) is 14.1. The molecule has 1 aromatic heterocycles. The van der Waals surface area contributed by atoms with Crippen molar-refractivity contribution in [2.45, 2.75) is 13.3 Å². The van der Waals surface area contributed by atoms with Crippen molar-refractivity contribution < 1.29 is 18.8 Å². The van der Waals surface area contributed by atoms with E-state index in [-0.39, 0.29) is 24.8 Å². The predicted octanol–water partition coefficient (Wildman–Crippen LogP) is 1.52. The second kappa shape index (κ2) is 5.51. The number of para-hydroxylation sites is 1. The topological polar surface area (TPSA) is 84.7 Å². The molecule has 0 spiro atoms. The van der Waals surface area contributed by atoms with Crippen molar-refractivity contribution in [3.8, 4) is 5.75 Å². The second-order valence-corrected chi connectivity index (χ2v) is 5.05. The highest BCUT2D eigenvalue weighted by atomic mass is 16.5. The van der Waals surface area contributed by atoms with Gasteiger partial charge in [-0.2, -0.15) is 0 Å². The van der Waals surface area contributed by atoms with Crippen molar-refractivity contribution in [3.05, 3.63) is 35.7 Å².